The minimum Gasteiger partial charge on any atom is -0.497 e. The van der Waals surface area contributed by atoms with E-state index in [-0.39, 0.29) is 21.2 Å². The lowest BCUT2D eigenvalue weighted by Gasteiger charge is -2.25. The van der Waals surface area contributed by atoms with Gasteiger partial charge in [-0.05, 0) is 55.0 Å². The van der Waals surface area contributed by atoms with Crippen LogP contribution in [0, 0.1) is 6.92 Å². The second-order valence-corrected chi connectivity index (χ2v) is 8.34. The molecule has 0 aliphatic carbocycles. The summed E-state index contributed by atoms with van der Waals surface area (Å²) < 4.78 is 31.7. The summed E-state index contributed by atoms with van der Waals surface area (Å²) in [5.41, 5.74) is 3.27. The van der Waals surface area contributed by atoms with Crippen LogP contribution in [0.1, 0.15) is 15.9 Å². The molecule has 8 nitrogen and oxygen atoms in total. The van der Waals surface area contributed by atoms with Gasteiger partial charge in [0.2, 0.25) is 9.84 Å². The fraction of sp³-hybridized carbons (Fsp3) is 0.143. The quantitative estimate of drug-likeness (QED) is 0.459. The number of hydrogen-bond donors (Lipinski definition) is 2. The number of ether oxygens (including phenoxy) is 1. The monoisotopic (exact) mass is 427 g/mol. The molecule has 0 aliphatic heterocycles. The molecule has 30 heavy (non-hydrogen) atoms. The van der Waals surface area contributed by atoms with Crippen LogP contribution in [0.3, 0.4) is 0 Å². The van der Waals surface area contributed by atoms with Crippen LogP contribution in [0.15, 0.2) is 70.7 Å². The van der Waals surface area contributed by atoms with E-state index in [4.69, 9.17) is 9.94 Å². The normalized spacial score (nSPS) is 11.1. The highest BCUT2D eigenvalue weighted by atomic mass is 32.2. The Morgan fingerprint density at radius 1 is 1.10 bits per heavy atom. The third kappa shape index (κ3) is 3.85. The third-order valence-electron chi connectivity index (χ3n) is 4.66. The number of aromatic nitrogens is 1. The van der Waals surface area contributed by atoms with Gasteiger partial charge in [0, 0.05) is 13.2 Å². The van der Waals surface area contributed by atoms with Crippen molar-refractivity contribution < 1.29 is 23.2 Å². The molecule has 0 atom stereocenters. The third-order valence-corrected chi connectivity index (χ3v) is 6.37. The topological polar surface area (TPSA) is 109 Å². The van der Waals surface area contributed by atoms with E-state index in [9.17, 15) is 13.2 Å². The van der Waals surface area contributed by atoms with Gasteiger partial charge in [0.15, 0.2) is 5.03 Å². The van der Waals surface area contributed by atoms with E-state index in [0.29, 0.717) is 11.4 Å². The zero-order valence-corrected chi connectivity index (χ0v) is 17.5. The van der Waals surface area contributed by atoms with E-state index in [1.807, 2.05) is 0 Å². The number of benzene rings is 2. The molecule has 2 aromatic carbocycles. The number of sulfone groups is 1. The lowest BCUT2D eigenvalue weighted by Crippen LogP contribution is -2.24. The van der Waals surface area contributed by atoms with E-state index in [0.717, 1.165) is 5.56 Å². The summed E-state index contributed by atoms with van der Waals surface area (Å²) in [7, 11) is -0.820. The number of carbonyl (C=O) groups excluding carboxylic acids is 1. The highest BCUT2D eigenvalue weighted by molar-refractivity contribution is 7.91. The first kappa shape index (κ1) is 21.3. The number of anilines is 2. The molecular formula is C21H21N3O5S. The Morgan fingerprint density at radius 3 is 2.43 bits per heavy atom. The molecule has 0 saturated carbocycles. The number of pyridine rings is 1. The first-order valence-corrected chi connectivity index (χ1v) is 10.4. The number of nitrogens with zero attached hydrogens (tertiary/aromatic N) is 2. The van der Waals surface area contributed by atoms with Gasteiger partial charge in [0.1, 0.15) is 5.75 Å². The van der Waals surface area contributed by atoms with Crippen molar-refractivity contribution in [2.45, 2.75) is 16.8 Å². The molecule has 0 unspecified atom stereocenters. The minimum absolute atomic E-state index is 0.0646. The SMILES string of the molecule is COc1ccc(S(=O)(=O)c2ncccc2N(C)c2c(C)cccc2C(=O)NO)cc1. The van der Waals surface area contributed by atoms with E-state index in [2.05, 4.69) is 4.98 Å². The number of hydrogen-bond acceptors (Lipinski definition) is 7. The smallest absolute Gasteiger partial charge is 0.276 e. The van der Waals surface area contributed by atoms with Crippen molar-refractivity contribution in [3.63, 3.8) is 0 Å². The zero-order chi connectivity index (χ0) is 21.9. The molecule has 1 heterocycles. The molecule has 0 saturated heterocycles. The van der Waals surface area contributed by atoms with E-state index in [1.165, 1.54) is 25.4 Å². The Labute approximate surface area is 174 Å². The van der Waals surface area contributed by atoms with Gasteiger partial charge in [-0.15, -0.1) is 0 Å². The number of amides is 1. The first-order valence-electron chi connectivity index (χ1n) is 8.93. The second kappa shape index (κ2) is 8.52. The van der Waals surface area contributed by atoms with Crippen LogP contribution in [0.2, 0.25) is 0 Å². The second-order valence-electron chi connectivity index (χ2n) is 6.48. The Balaban J connectivity index is 2.16. The van der Waals surface area contributed by atoms with Gasteiger partial charge >= 0.3 is 0 Å². The molecular weight excluding hydrogens is 406 g/mol. The zero-order valence-electron chi connectivity index (χ0n) is 16.7. The maximum atomic E-state index is 13.3. The number of hydroxylamine groups is 1. The average Bonchev–Trinajstić information content (AvgIpc) is 2.78. The van der Waals surface area contributed by atoms with Gasteiger partial charge in [-0.25, -0.2) is 18.9 Å². The Morgan fingerprint density at radius 2 is 1.80 bits per heavy atom. The Hall–Kier alpha value is -3.43. The lowest BCUT2D eigenvalue weighted by atomic mass is 10.1. The molecule has 3 rings (SSSR count). The van der Waals surface area contributed by atoms with Crippen LogP contribution in [0.5, 0.6) is 5.75 Å². The van der Waals surface area contributed by atoms with E-state index < -0.39 is 15.7 Å². The first-order chi connectivity index (χ1) is 14.3. The molecule has 1 amide bonds. The molecule has 0 aliphatic rings. The highest BCUT2D eigenvalue weighted by Gasteiger charge is 2.27. The Bertz CT molecular complexity index is 1180. The predicted molar refractivity (Wildman–Crippen MR) is 111 cm³/mol. The van der Waals surface area contributed by atoms with Crippen LogP contribution < -0.4 is 15.1 Å². The molecule has 0 radical (unpaired) electrons. The predicted octanol–water partition coefficient (Wildman–Crippen LogP) is 3.12. The van der Waals surface area contributed by atoms with E-state index >= 15 is 0 Å². The largest absolute Gasteiger partial charge is 0.497 e. The van der Waals surface area contributed by atoms with Crippen molar-refractivity contribution in [2.75, 3.05) is 19.1 Å². The van der Waals surface area contributed by atoms with Crippen molar-refractivity contribution >= 4 is 27.1 Å². The lowest BCUT2D eigenvalue weighted by molar-refractivity contribution is 0.0707. The number of carbonyl (C=O) groups is 1. The van der Waals surface area contributed by atoms with Gasteiger partial charge in [0.25, 0.3) is 5.91 Å². The van der Waals surface area contributed by atoms with Gasteiger partial charge < -0.3 is 9.64 Å². The number of para-hydroxylation sites is 1. The maximum Gasteiger partial charge on any atom is 0.276 e. The van der Waals surface area contributed by atoms with Crippen molar-refractivity contribution in [1.29, 1.82) is 0 Å². The molecule has 9 heteroatoms. The summed E-state index contributed by atoms with van der Waals surface area (Å²) in [4.78, 5) is 17.9. The van der Waals surface area contributed by atoms with Gasteiger partial charge in [0.05, 0.1) is 28.9 Å². The van der Waals surface area contributed by atoms with Crippen molar-refractivity contribution in [3.8, 4) is 5.75 Å². The standard InChI is InChI=1S/C21H21N3O5S/c1-14-6-4-7-17(20(25)23-26)19(14)24(2)18-8-5-13-22-21(18)30(27,28)16-11-9-15(29-3)10-12-16/h4-13,26H,1-3H3,(H,23,25). The fourth-order valence-corrected chi connectivity index (χ4v) is 4.58. The number of rotatable bonds is 6. The van der Waals surface area contributed by atoms with E-state index in [1.54, 1.807) is 66.8 Å². The van der Waals surface area contributed by atoms with Crippen LogP contribution in [0.25, 0.3) is 0 Å². The fourth-order valence-electron chi connectivity index (χ4n) is 3.18. The summed E-state index contributed by atoms with van der Waals surface area (Å²) >= 11 is 0. The summed E-state index contributed by atoms with van der Waals surface area (Å²) in [5.74, 6) is -0.170. The summed E-state index contributed by atoms with van der Waals surface area (Å²) in [6.07, 6.45) is 1.40. The molecule has 2 N–H and O–H groups in total. The highest BCUT2D eigenvalue weighted by Crippen LogP contribution is 2.35. The molecule has 3 aromatic rings. The van der Waals surface area contributed by atoms with Crippen molar-refractivity contribution in [2.24, 2.45) is 0 Å². The summed E-state index contributed by atoms with van der Waals surface area (Å²) in [6, 6.07) is 14.2. The molecule has 1 aromatic heterocycles. The van der Waals surface area contributed by atoms with Crippen molar-refractivity contribution in [1.82, 2.24) is 10.5 Å². The summed E-state index contributed by atoms with van der Waals surface area (Å²) in [5, 5.41) is 8.94. The van der Waals surface area contributed by atoms with Crippen LogP contribution in [0.4, 0.5) is 11.4 Å². The van der Waals surface area contributed by atoms with Gasteiger partial charge in [-0.1, -0.05) is 12.1 Å². The average molecular weight is 427 g/mol. The van der Waals surface area contributed by atoms with Gasteiger partial charge in [-0.3, -0.25) is 10.0 Å². The van der Waals surface area contributed by atoms with Crippen LogP contribution >= 0.6 is 0 Å². The van der Waals surface area contributed by atoms with Crippen LogP contribution in [-0.4, -0.2) is 38.7 Å². The maximum absolute atomic E-state index is 13.3. The van der Waals surface area contributed by atoms with Gasteiger partial charge in [-0.2, -0.15) is 0 Å². The summed E-state index contributed by atoms with van der Waals surface area (Å²) in [6.45, 7) is 1.79. The van der Waals surface area contributed by atoms with Crippen molar-refractivity contribution in [3.05, 3.63) is 71.9 Å². The molecule has 156 valence electrons. The Kier molecular flexibility index (Phi) is 6.04. The van der Waals surface area contributed by atoms with Crippen LogP contribution in [-0.2, 0) is 9.84 Å². The molecule has 0 fully saturated rings. The number of aryl methyl sites for hydroxylation is 1. The minimum atomic E-state index is -3.96. The number of methoxy groups -OCH3 is 1. The number of nitrogens with one attached hydrogen (secondary N) is 1. The molecule has 0 bridgehead atoms. The molecule has 0 spiro atoms.